The first kappa shape index (κ1) is 17.3. The number of esters is 3. The van der Waals surface area contributed by atoms with Gasteiger partial charge in [-0.1, -0.05) is 18.2 Å². The average Bonchev–Trinajstić information content (AvgIpc) is 2.82. The van der Waals surface area contributed by atoms with Crippen LogP contribution in [0.5, 0.6) is 5.75 Å². The summed E-state index contributed by atoms with van der Waals surface area (Å²) in [7, 11) is 1.56. The Morgan fingerprint density at radius 3 is 2.42 bits per heavy atom. The monoisotopic (exact) mass is 331 g/mol. The molecule has 0 aliphatic heterocycles. The van der Waals surface area contributed by atoms with Gasteiger partial charge in [-0.15, -0.1) is 0 Å². The third-order valence-electron chi connectivity index (χ3n) is 3.29. The highest BCUT2D eigenvalue weighted by molar-refractivity contribution is 5.99. The summed E-state index contributed by atoms with van der Waals surface area (Å²) >= 11 is 0. The van der Waals surface area contributed by atoms with E-state index in [9.17, 15) is 19.5 Å². The highest BCUT2D eigenvalue weighted by atomic mass is 16.6. The SMILES string of the molecule is CCOC(=O)c1c(O)cn(C)c1CC(=O)OC(=O)c1ccccc1. The highest BCUT2D eigenvalue weighted by Crippen LogP contribution is 2.25. The first-order valence-electron chi connectivity index (χ1n) is 7.28. The zero-order valence-corrected chi connectivity index (χ0v) is 13.3. The molecule has 0 amide bonds. The molecule has 7 nitrogen and oxygen atoms in total. The molecule has 0 aliphatic carbocycles. The predicted octanol–water partition coefficient (Wildman–Crippen LogP) is 1.83. The summed E-state index contributed by atoms with van der Waals surface area (Å²) in [5, 5.41) is 9.84. The minimum atomic E-state index is -0.837. The number of ether oxygens (including phenoxy) is 2. The molecule has 1 N–H and O–H groups in total. The van der Waals surface area contributed by atoms with Crippen molar-refractivity contribution >= 4 is 17.9 Å². The molecule has 0 spiro atoms. The molecule has 0 atom stereocenters. The number of rotatable bonds is 5. The van der Waals surface area contributed by atoms with Gasteiger partial charge in [-0.25, -0.2) is 9.59 Å². The van der Waals surface area contributed by atoms with Gasteiger partial charge in [-0.3, -0.25) is 4.79 Å². The van der Waals surface area contributed by atoms with E-state index in [4.69, 9.17) is 9.47 Å². The van der Waals surface area contributed by atoms with Gasteiger partial charge < -0.3 is 19.1 Å². The van der Waals surface area contributed by atoms with Crippen LogP contribution in [0.1, 0.15) is 33.3 Å². The third-order valence-corrected chi connectivity index (χ3v) is 3.29. The second kappa shape index (κ2) is 7.45. The summed E-state index contributed by atoms with van der Waals surface area (Å²) < 4.78 is 11.1. The molecular formula is C17H17NO6. The third kappa shape index (κ3) is 3.81. The number of carbonyl (C=O) groups is 3. The Morgan fingerprint density at radius 2 is 1.79 bits per heavy atom. The number of nitrogens with zero attached hydrogens (tertiary/aromatic N) is 1. The lowest BCUT2D eigenvalue weighted by molar-refractivity contribution is -0.137. The van der Waals surface area contributed by atoms with Crippen LogP contribution in [0.3, 0.4) is 0 Å². The largest absolute Gasteiger partial charge is 0.505 e. The smallest absolute Gasteiger partial charge is 0.345 e. The van der Waals surface area contributed by atoms with Crippen molar-refractivity contribution < 1.29 is 29.0 Å². The van der Waals surface area contributed by atoms with Crippen LogP contribution < -0.4 is 0 Å². The first-order valence-corrected chi connectivity index (χ1v) is 7.28. The molecule has 0 unspecified atom stereocenters. The van der Waals surface area contributed by atoms with Crippen molar-refractivity contribution in [3.63, 3.8) is 0 Å². The Labute approximate surface area is 138 Å². The first-order chi connectivity index (χ1) is 11.4. The summed E-state index contributed by atoms with van der Waals surface area (Å²) in [4.78, 5) is 35.8. The van der Waals surface area contributed by atoms with Crippen LogP contribution in [-0.4, -0.2) is 34.2 Å². The number of benzene rings is 1. The van der Waals surface area contributed by atoms with Gasteiger partial charge in [0.2, 0.25) is 0 Å². The minimum Gasteiger partial charge on any atom is -0.505 e. The normalized spacial score (nSPS) is 10.2. The quantitative estimate of drug-likeness (QED) is 0.663. The van der Waals surface area contributed by atoms with Crippen molar-refractivity contribution in [1.29, 1.82) is 0 Å². The second-order valence-electron chi connectivity index (χ2n) is 4.97. The standard InChI is InChI=1S/C17H17NO6/c1-3-23-17(22)15-12(18(2)10-13(15)19)9-14(20)24-16(21)11-7-5-4-6-8-11/h4-8,10,19H,3,9H2,1-2H3. The topological polar surface area (TPSA) is 94.8 Å². The predicted molar refractivity (Wildman–Crippen MR) is 83.6 cm³/mol. The Bertz CT molecular complexity index is 763. The molecule has 0 bridgehead atoms. The maximum Gasteiger partial charge on any atom is 0.345 e. The van der Waals surface area contributed by atoms with E-state index in [0.717, 1.165) is 0 Å². The maximum atomic E-state index is 12.0. The fraction of sp³-hybridized carbons (Fsp3) is 0.235. The molecule has 2 aromatic rings. The molecule has 0 radical (unpaired) electrons. The Hall–Kier alpha value is -3.09. The summed E-state index contributed by atoms with van der Waals surface area (Å²) in [6.07, 6.45) is 0.928. The number of aryl methyl sites for hydroxylation is 1. The molecule has 1 aromatic carbocycles. The van der Waals surface area contributed by atoms with Crippen molar-refractivity contribution in [3.05, 3.63) is 53.3 Å². The Balaban J connectivity index is 2.14. The maximum absolute atomic E-state index is 12.0. The zero-order chi connectivity index (χ0) is 17.7. The van der Waals surface area contributed by atoms with Gasteiger partial charge in [-0.2, -0.15) is 0 Å². The molecule has 0 saturated carbocycles. The van der Waals surface area contributed by atoms with Crippen molar-refractivity contribution in [2.24, 2.45) is 7.05 Å². The Morgan fingerprint density at radius 1 is 1.12 bits per heavy atom. The molecular weight excluding hydrogens is 314 g/mol. The van der Waals surface area contributed by atoms with E-state index in [1.165, 1.54) is 22.9 Å². The molecule has 126 valence electrons. The van der Waals surface area contributed by atoms with E-state index in [1.54, 1.807) is 32.2 Å². The fourth-order valence-corrected chi connectivity index (χ4v) is 2.20. The lowest BCUT2D eigenvalue weighted by atomic mass is 10.2. The molecule has 0 fully saturated rings. The molecule has 1 aromatic heterocycles. The lowest BCUT2D eigenvalue weighted by Crippen LogP contribution is -2.18. The van der Waals surface area contributed by atoms with E-state index in [1.807, 2.05) is 0 Å². The van der Waals surface area contributed by atoms with Gasteiger partial charge in [0.15, 0.2) is 0 Å². The van der Waals surface area contributed by atoms with E-state index >= 15 is 0 Å². The van der Waals surface area contributed by atoms with Crippen LogP contribution in [0.15, 0.2) is 36.5 Å². The molecule has 1 heterocycles. The van der Waals surface area contributed by atoms with Crippen LogP contribution in [-0.2, 0) is 27.7 Å². The molecule has 7 heteroatoms. The molecule has 2 rings (SSSR count). The molecule has 24 heavy (non-hydrogen) atoms. The lowest BCUT2D eigenvalue weighted by Gasteiger charge is -2.07. The molecule has 0 saturated heterocycles. The zero-order valence-electron chi connectivity index (χ0n) is 13.3. The van der Waals surface area contributed by atoms with Crippen molar-refractivity contribution in [2.75, 3.05) is 6.61 Å². The van der Waals surface area contributed by atoms with Crippen LogP contribution in [0.2, 0.25) is 0 Å². The summed E-state index contributed by atoms with van der Waals surface area (Å²) in [5.41, 5.74) is 0.339. The van der Waals surface area contributed by atoms with Crippen LogP contribution >= 0.6 is 0 Å². The number of aromatic nitrogens is 1. The van der Waals surface area contributed by atoms with Gasteiger partial charge in [0.05, 0.1) is 18.6 Å². The second-order valence-corrected chi connectivity index (χ2v) is 4.97. The number of hydrogen-bond acceptors (Lipinski definition) is 6. The van der Waals surface area contributed by atoms with Gasteiger partial charge in [-0.05, 0) is 19.1 Å². The summed E-state index contributed by atoms with van der Waals surface area (Å²) in [5.74, 6) is -2.66. The van der Waals surface area contributed by atoms with Gasteiger partial charge in [0.25, 0.3) is 0 Å². The average molecular weight is 331 g/mol. The van der Waals surface area contributed by atoms with Gasteiger partial charge in [0, 0.05) is 18.9 Å². The molecule has 0 aliphatic rings. The summed E-state index contributed by atoms with van der Waals surface area (Å²) in [6, 6.07) is 8.07. The fourth-order valence-electron chi connectivity index (χ4n) is 2.20. The minimum absolute atomic E-state index is 0.108. The number of carbonyl (C=O) groups excluding carboxylic acids is 3. The van der Waals surface area contributed by atoms with Crippen LogP contribution in [0.25, 0.3) is 0 Å². The van der Waals surface area contributed by atoms with Crippen molar-refractivity contribution in [1.82, 2.24) is 4.57 Å². The van der Waals surface area contributed by atoms with Crippen molar-refractivity contribution in [2.45, 2.75) is 13.3 Å². The number of hydrogen-bond donors (Lipinski definition) is 1. The van der Waals surface area contributed by atoms with E-state index < -0.39 is 17.9 Å². The van der Waals surface area contributed by atoms with E-state index in [2.05, 4.69) is 0 Å². The number of aromatic hydroxyl groups is 1. The van der Waals surface area contributed by atoms with Crippen LogP contribution in [0.4, 0.5) is 0 Å². The van der Waals surface area contributed by atoms with E-state index in [0.29, 0.717) is 0 Å². The summed E-state index contributed by atoms with van der Waals surface area (Å²) in [6.45, 7) is 1.76. The van der Waals surface area contributed by atoms with E-state index in [-0.39, 0.29) is 35.6 Å². The van der Waals surface area contributed by atoms with Crippen LogP contribution in [0, 0.1) is 0 Å². The highest BCUT2D eigenvalue weighted by Gasteiger charge is 2.25. The Kier molecular flexibility index (Phi) is 5.36. The van der Waals surface area contributed by atoms with Gasteiger partial charge in [0.1, 0.15) is 11.3 Å². The van der Waals surface area contributed by atoms with Crippen molar-refractivity contribution in [3.8, 4) is 5.75 Å². The van der Waals surface area contributed by atoms with Gasteiger partial charge >= 0.3 is 17.9 Å².